The number of hydrogen-bond acceptors (Lipinski definition) is 5. The van der Waals surface area contributed by atoms with Crippen LogP contribution in [-0.4, -0.2) is 76.8 Å². The second-order valence-electron chi connectivity index (χ2n) is 7.24. The van der Waals surface area contributed by atoms with Gasteiger partial charge in [0.15, 0.2) is 0 Å². The SMILES string of the molecule is CCC(CC)CN1CC2(CCN(C(=O)[C@H](O)CCSC)CC2)OC1=O. The van der Waals surface area contributed by atoms with Gasteiger partial charge in [-0.2, -0.15) is 11.8 Å². The molecule has 2 aliphatic rings. The highest BCUT2D eigenvalue weighted by molar-refractivity contribution is 7.98. The molecule has 2 fully saturated rings. The minimum atomic E-state index is -0.918. The van der Waals surface area contributed by atoms with E-state index < -0.39 is 11.7 Å². The monoisotopic (exact) mass is 372 g/mol. The van der Waals surface area contributed by atoms with Crippen molar-refractivity contribution in [2.24, 2.45) is 5.92 Å². The zero-order chi connectivity index (χ0) is 18.4. The van der Waals surface area contributed by atoms with E-state index in [-0.39, 0.29) is 12.0 Å². The van der Waals surface area contributed by atoms with E-state index in [9.17, 15) is 14.7 Å². The molecule has 1 atom stereocenters. The van der Waals surface area contributed by atoms with Crippen molar-refractivity contribution in [1.82, 2.24) is 9.80 Å². The number of likely N-dealkylation sites (tertiary alicyclic amines) is 1. The number of ether oxygens (including phenoxy) is 1. The van der Waals surface area contributed by atoms with Crippen LogP contribution in [0, 0.1) is 5.92 Å². The van der Waals surface area contributed by atoms with E-state index in [0.29, 0.717) is 44.8 Å². The lowest BCUT2D eigenvalue weighted by atomic mass is 9.90. The van der Waals surface area contributed by atoms with E-state index in [4.69, 9.17) is 4.74 Å². The Balaban J connectivity index is 1.86. The van der Waals surface area contributed by atoms with Crippen LogP contribution in [0.5, 0.6) is 0 Å². The van der Waals surface area contributed by atoms with Gasteiger partial charge < -0.3 is 19.6 Å². The number of piperidine rings is 1. The Morgan fingerprint density at radius 3 is 2.52 bits per heavy atom. The molecule has 1 spiro atoms. The van der Waals surface area contributed by atoms with E-state index in [1.54, 1.807) is 16.7 Å². The zero-order valence-electron chi connectivity index (χ0n) is 15.7. The molecule has 0 unspecified atom stereocenters. The largest absolute Gasteiger partial charge is 0.441 e. The number of aliphatic hydroxyl groups excluding tert-OH is 1. The maximum absolute atomic E-state index is 12.3. The van der Waals surface area contributed by atoms with Gasteiger partial charge in [-0.15, -0.1) is 0 Å². The number of carbonyl (C=O) groups is 2. The predicted octanol–water partition coefficient (Wildman–Crippen LogP) is 2.35. The lowest BCUT2D eigenvalue weighted by Gasteiger charge is -2.38. The summed E-state index contributed by atoms with van der Waals surface area (Å²) >= 11 is 1.62. The summed E-state index contributed by atoms with van der Waals surface area (Å²) in [5.41, 5.74) is -0.454. The summed E-state index contributed by atoms with van der Waals surface area (Å²) in [5, 5.41) is 10.00. The molecule has 0 saturated carbocycles. The number of hydrogen-bond donors (Lipinski definition) is 1. The average molecular weight is 373 g/mol. The number of carbonyl (C=O) groups excluding carboxylic acids is 2. The molecule has 0 radical (unpaired) electrons. The maximum atomic E-state index is 12.3. The van der Waals surface area contributed by atoms with Crippen LogP contribution >= 0.6 is 11.8 Å². The summed E-state index contributed by atoms with van der Waals surface area (Å²) < 4.78 is 5.73. The third kappa shape index (κ3) is 5.03. The van der Waals surface area contributed by atoms with Crippen molar-refractivity contribution in [2.45, 2.75) is 57.7 Å². The molecular weight excluding hydrogens is 340 g/mol. The van der Waals surface area contributed by atoms with Crippen molar-refractivity contribution >= 4 is 23.8 Å². The minimum Gasteiger partial charge on any atom is -0.441 e. The van der Waals surface area contributed by atoms with Crippen LogP contribution in [0.15, 0.2) is 0 Å². The Kier molecular flexibility index (Phi) is 7.43. The molecule has 2 saturated heterocycles. The van der Waals surface area contributed by atoms with Crippen LogP contribution in [0.2, 0.25) is 0 Å². The standard InChI is InChI=1S/C18H32N2O4S/c1-4-14(5-2)12-20-13-18(24-17(20)23)7-9-19(10-8-18)16(22)15(21)6-11-25-3/h14-15,21H,4-13H2,1-3H3/t15-/m1/s1. The van der Waals surface area contributed by atoms with Gasteiger partial charge in [0.2, 0.25) is 0 Å². The summed E-state index contributed by atoms with van der Waals surface area (Å²) in [6.45, 7) is 6.77. The molecule has 0 bridgehead atoms. The van der Waals surface area contributed by atoms with Gasteiger partial charge in [0, 0.05) is 32.5 Å². The molecule has 1 N–H and O–H groups in total. The number of rotatable bonds is 8. The zero-order valence-corrected chi connectivity index (χ0v) is 16.5. The summed E-state index contributed by atoms with van der Waals surface area (Å²) in [4.78, 5) is 28.1. The third-order valence-electron chi connectivity index (χ3n) is 5.54. The molecule has 2 rings (SSSR count). The lowest BCUT2D eigenvalue weighted by molar-refractivity contribution is -0.143. The van der Waals surface area contributed by atoms with Crippen LogP contribution in [0.3, 0.4) is 0 Å². The van der Waals surface area contributed by atoms with Crippen LogP contribution < -0.4 is 0 Å². The Hall–Kier alpha value is -0.950. The van der Waals surface area contributed by atoms with Gasteiger partial charge in [-0.3, -0.25) is 4.79 Å². The minimum absolute atomic E-state index is 0.192. The molecule has 0 aliphatic carbocycles. The van der Waals surface area contributed by atoms with Crippen molar-refractivity contribution < 1.29 is 19.4 Å². The highest BCUT2D eigenvalue weighted by atomic mass is 32.2. The summed E-state index contributed by atoms with van der Waals surface area (Å²) in [6.07, 6.45) is 4.74. The van der Waals surface area contributed by atoms with E-state index in [0.717, 1.165) is 25.1 Å². The van der Waals surface area contributed by atoms with Crippen molar-refractivity contribution in [3.63, 3.8) is 0 Å². The number of thioether (sulfide) groups is 1. The first kappa shape index (κ1) is 20.4. The highest BCUT2D eigenvalue weighted by Crippen LogP contribution is 2.34. The molecular formula is C18H32N2O4S. The summed E-state index contributed by atoms with van der Waals surface area (Å²) in [5.74, 6) is 1.09. The molecule has 25 heavy (non-hydrogen) atoms. The topological polar surface area (TPSA) is 70.1 Å². The molecule has 144 valence electrons. The fourth-order valence-corrected chi connectivity index (χ4v) is 4.11. The summed E-state index contributed by atoms with van der Waals surface area (Å²) in [6, 6.07) is 0. The van der Waals surface area contributed by atoms with Gasteiger partial charge in [0.1, 0.15) is 11.7 Å². The molecule has 2 amide bonds. The predicted molar refractivity (Wildman–Crippen MR) is 99.7 cm³/mol. The molecule has 0 aromatic carbocycles. The molecule has 6 nitrogen and oxygen atoms in total. The van der Waals surface area contributed by atoms with Crippen molar-refractivity contribution in [1.29, 1.82) is 0 Å². The maximum Gasteiger partial charge on any atom is 0.410 e. The third-order valence-corrected chi connectivity index (χ3v) is 6.19. The van der Waals surface area contributed by atoms with E-state index in [1.165, 1.54) is 0 Å². The summed E-state index contributed by atoms with van der Waals surface area (Å²) in [7, 11) is 0. The Bertz CT molecular complexity index is 462. The van der Waals surface area contributed by atoms with Crippen molar-refractivity contribution in [2.75, 3.05) is 38.2 Å². The van der Waals surface area contributed by atoms with Gasteiger partial charge in [0.25, 0.3) is 5.91 Å². The Morgan fingerprint density at radius 2 is 1.96 bits per heavy atom. The second-order valence-corrected chi connectivity index (χ2v) is 8.22. The highest BCUT2D eigenvalue weighted by Gasteiger charge is 2.47. The first-order valence-electron chi connectivity index (χ1n) is 9.38. The van der Waals surface area contributed by atoms with Gasteiger partial charge in [-0.1, -0.05) is 26.7 Å². The van der Waals surface area contributed by atoms with Gasteiger partial charge in [-0.05, 0) is 24.3 Å². The molecule has 2 aliphatic heterocycles. The van der Waals surface area contributed by atoms with Gasteiger partial charge >= 0.3 is 6.09 Å². The number of nitrogens with zero attached hydrogens (tertiary/aromatic N) is 2. The Morgan fingerprint density at radius 1 is 1.32 bits per heavy atom. The van der Waals surface area contributed by atoms with E-state index >= 15 is 0 Å². The van der Waals surface area contributed by atoms with Crippen LogP contribution in [0.4, 0.5) is 4.79 Å². The van der Waals surface area contributed by atoms with Crippen molar-refractivity contribution in [3.05, 3.63) is 0 Å². The quantitative estimate of drug-likeness (QED) is 0.708. The first-order valence-corrected chi connectivity index (χ1v) is 10.8. The van der Waals surface area contributed by atoms with Crippen LogP contribution in [0.25, 0.3) is 0 Å². The van der Waals surface area contributed by atoms with Crippen molar-refractivity contribution in [3.8, 4) is 0 Å². The first-order chi connectivity index (χ1) is 11.9. The molecule has 7 heteroatoms. The fourth-order valence-electron chi connectivity index (χ4n) is 3.65. The fraction of sp³-hybridized carbons (Fsp3) is 0.889. The van der Waals surface area contributed by atoms with E-state index in [2.05, 4.69) is 13.8 Å². The number of amides is 2. The molecule has 2 heterocycles. The second kappa shape index (κ2) is 9.12. The Labute approximate surface area is 155 Å². The number of aliphatic hydroxyl groups is 1. The van der Waals surface area contributed by atoms with Crippen LogP contribution in [-0.2, 0) is 9.53 Å². The normalized spacial score (nSPS) is 21.1. The van der Waals surface area contributed by atoms with Gasteiger partial charge in [0.05, 0.1) is 6.54 Å². The van der Waals surface area contributed by atoms with E-state index in [1.807, 2.05) is 11.2 Å². The lowest BCUT2D eigenvalue weighted by Crippen LogP contribution is -2.51. The molecule has 0 aromatic heterocycles. The van der Waals surface area contributed by atoms with Crippen LogP contribution in [0.1, 0.15) is 46.0 Å². The average Bonchev–Trinajstić information content (AvgIpc) is 2.92. The van der Waals surface area contributed by atoms with Gasteiger partial charge in [-0.25, -0.2) is 4.79 Å². The molecule has 0 aromatic rings. The smallest absolute Gasteiger partial charge is 0.410 e.